The van der Waals surface area contributed by atoms with Crippen molar-refractivity contribution in [2.75, 3.05) is 38.7 Å². The van der Waals surface area contributed by atoms with Crippen LogP contribution in [0.1, 0.15) is 25.7 Å². The second-order valence-electron chi connectivity index (χ2n) is 6.07. The van der Waals surface area contributed by atoms with Gasteiger partial charge in [0.15, 0.2) is 0 Å². The van der Waals surface area contributed by atoms with E-state index in [1.165, 1.54) is 0 Å². The molecule has 0 unspecified atom stereocenters. The van der Waals surface area contributed by atoms with E-state index < -0.39 is 0 Å². The molecule has 2 fully saturated rings. The zero-order valence-corrected chi connectivity index (χ0v) is 15.1. The van der Waals surface area contributed by atoms with Gasteiger partial charge in [0.25, 0.3) is 0 Å². The zero-order chi connectivity index (χ0) is 17.9. The van der Waals surface area contributed by atoms with E-state index in [4.69, 9.17) is 9.47 Å². The molecule has 0 saturated carbocycles. The molecule has 0 spiro atoms. The normalized spacial score (nSPS) is 24.5. The van der Waals surface area contributed by atoms with Crippen molar-refractivity contribution >= 4 is 30.0 Å². The van der Waals surface area contributed by atoms with Crippen molar-refractivity contribution in [3.8, 4) is 0 Å². The third-order valence-electron chi connectivity index (χ3n) is 4.21. The molecular weight excluding hydrogens is 346 g/mol. The van der Waals surface area contributed by atoms with Crippen molar-refractivity contribution in [3.63, 3.8) is 0 Å². The number of aldehydes is 1. The smallest absolute Gasteiger partial charge is 0.315 e. The van der Waals surface area contributed by atoms with E-state index in [0.29, 0.717) is 44.3 Å². The Hall–Kier alpha value is -1.32. The molecule has 0 radical (unpaired) electrons. The molecule has 2 rings (SSSR count). The molecule has 0 aromatic heterocycles. The molecule has 2 heterocycles. The van der Waals surface area contributed by atoms with Crippen LogP contribution in [0.2, 0.25) is 0 Å². The highest BCUT2D eigenvalue weighted by molar-refractivity contribution is 8.00. The monoisotopic (exact) mass is 373 g/mol. The Kier molecular flexibility index (Phi) is 9.06. The van der Waals surface area contributed by atoms with Crippen LogP contribution in [0.4, 0.5) is 4.79 Å². The quantitative estimate of drug-likeness (QED) is 0.240. The lowest BCUT2D eigenvalue weighted by atomic mass is 10.0. The first-order chi connectivity index (χ1) is 12.2. The van der Waals surface area contributed by atoms with Crippen LogP contribution in [0, 0.1) is 0 Å². The van der Waals surface area contributed by atoms with Crippen LogP contribution in [-0.4, -0.2) is 74.3 Å². The second-order valence-corrected chi connectivity index (χ2v) is 7.34. The number of rotatable bonds is 13. The fourth-order valence-corrected chi connectivity index (χ4v) is 4.52. The van der Waals surface area contributed by atoms with E-state index in [1.807, 2.05) is 11.8 Å². The van der Waals surface area contributed by atoms with E-state index in [0.717, 1.165) is 25.0 Å². The minimum absolute atomic E-state index is 0.0357. The Morgan fingerprint density at radius 3 is 2.92 bits per heavy atom. The highest BCUT2D eigenvalue weighted by atomic mass is 32.2. The van der Waals surface area contributed by atoms with Crippen LogP contribution < -0.4 is 16.0 Å². The van der Waals surface area contributed by atoms with Gasteiger partial charge in [0, 0.05) is 24.0 Å². The average molecular weight is 373 g/mol. The zero-order valence-electron chi connectivity index (χ0n) is 14.3. The molecule has 2 saturated heterocycles. The van der Waals surface area contributed by atoms with Gasteiger partial charge in [-0.2, -0.15) is 11.8 Å². The third-order valence-corrected chi connectivity index (χ3v) is 5.72. The average Bonchev–Trinajstić information content (AvgIpc) is 3.13. The SMILES string of the molecule is O=CCOCCOCCNC(=O)CCCC[C@@H]1SC[C@@H]2NC(=O)N[C@@H]21. The molecule has 3 atom stereocenters. The molecule has 0 bridgehead atoms. The third kappa shape index (κ3) is 7.21. The van der Waals surface area contributed by atoms with Crippen molar-refractivity contribution < 1.29 is 23.9 Å². The molecular formula is C16H27N3O5S. The van der Waals surface area contributed by atoms with Crippen molar-refractivity contribution in [2.24, 2.45) is 0 Å². The molecule has 3 N–H and O–H groups in total. The Balaban J connectivity index is 1.41. The summed E-state index contributed by atoms with van der Waals surface area (Å²) in [5.41, 5.74) is 0. The van der Waals surface area contributed by atoms with Gasteiger partial charge in [-0.25, -0.2) is 4.79 Å². The van der Waals surface area contributed by atoms with E-state index in [9.17, 15) is 14.4 Å². The summed E-state index contributed by atoms with van der Waals surface area (Å²) in [6.07, 6.45) is 4.06. The fourth-order valence-electron chi connectivity index (χ4n) is 2.98. The highest BCUT2D eigenvalue weighted by Gasteiger charge is 2.42. The van der Waals surface area contributed by atoms with Crippen LogP contribution >= 0.6 is 11.8 Å². The first kappa shape index (κ1) is 20.0. The number of urea groups is 1. The van der Waals surface area contributed by atoms with Gasteiger partial charge in [-0.05, 0) is 12.8 Å². The van der Waals surface area contributed by atoms with Gasteiger partial charge in [0.1, 0.15) is 12.9 Å². The Bertz CT molecular complexity index is 451. The van der Waals surface area contributed by atoms with Crippen molar-refractivity contribution in [1.29, 1.82) is 0 Å². The topological polar surface area (TPSA) is 106 Å². The first-order valence-corrected chi connectivity index (χ1v) is 9.80. The summed E-state index contributed by atoms with van der Waals surface area (Å²) in [4.78, 5) is 33.1. The summed E-state index contributed by atoms with van der Waals surface area (Å²) in [6, 6.07) is 0.436. The Morgan fingerprint density at radius 2 is 2.08 bits per heavy atom. The molecule has 0 aromatic rings. The van der Waals surface area contributed by atoms with Gasteiger partial charge in [-0.3, -0.25) is 4.79 Å². The van der Waals surface area contributed by atoms with Gasteiger partial charge in [0.2, 0.25) is 5.91 Å². The summed E-state index contributed by atoms with van der Waals surface area (Å²) in [5, 5.41) is 9.18. The summed E-state index contributed by atoms with van der Waals surface area (Å²) >= 11 is 1.90. The van der Waals surface area contributed by atoms with Gasteiger partial charge >= 0.3 is 6.03 Å². The standard InChI is InChI=1S/C16H27N3O5S/c20-6-8-24-10-9-23-7-5-17-14(21)4-2-1-3-13-15-12(11-25-13)18-16(22)19-15/h6,12-13,15H,1-5,7-11H2,(H,17,21)(H2,18,19,22)/t12-,13-,15-/m0/s1. The number of ether oxygens (including phenoxy) is 2. The summed E-state index contributed by atoms with van der Waals surface area (Å²) in [6.45, 7) is 1.79. The molecule has 25 heavy (non-hydrogen) atoms. The lowest BCUT2D eigenvalue weighted by Crippen LogP contribution is -2.36. The predicted octanol–water partition coefficient (Wildman–Crippen LogP) is 0.0605. The van der Waals surface area contributed by atoms with Crippen molar-refractivity contribution in [2.45, 2.75) is 43.0 Å². The van der Waals surface area contributed by atoms with Crippen LogP contribution in [0.5, 0.6) is 0 Å². The first-order valence-electron chi connectivity index (χ1n) is 8.75. The van der Waals surface area contributed by atoms with Crippen LogP contribution in [0.25, 0.3) is 0 Å². The van der Waals surface area contributed by atoms with Crippen LogP contribution in [-0.2, 0) is 19.1 Å². The van der Waals surface area contributed by atoms with Crippen molar-refractivity contribution in [3.05, 3.63) is 0 Å². The number of nitrogens with one attached hydrogen (secondary N) is 3. The Labute approximate surface area is 152 Å². The van der Waals surface area contributed by atoms with E-state index in [2.05, 4.69) is 16.0 Å². The minimum atomic E-state index is -0.0582. The number of fused-ring (bicyclic) bond motifs is 1. The maximum Gasteiger partial charge on any atom is 0.315 e. The fraction of sp³-hybridized carbons (Fsp3) is 0.812. The predicted molar refractivity (Wildman–Crippen MR) is 94.7 cm³/mol. The van der Waals surface area contributed by atoms with Crippen molar-refractivity contribution in [1.82, 2.24) is 16.0 Å². The van der Waals surface area contributed by atoms with E-state index >= 15 is 0 Å². The summed E-state index contributed by atoms with van der Waals surface area (Å²) in [7, 11) is 0. The summed E-state index contributed by atoms with van der Waals surface area (Å²) < 4.78 is 10.2. The maximum atomic E-state index is 11.7. The van der Waals surface area contributed by atoms with Gasteiger partial charge in [0.05, 0.1) is 31.9 Å². The lowest BCUT2D eigenvalue weighted by molar-refractivity contribution is -0.121. The number of thioether (sulfide) groups is 1. The highest BCUT2D eigenvalue weighted by Crippen LogP contribution is 2.33. The molecule has 8 nitrogen and oxygen atoms in total. The molecule has 0 aliphatic carbocycles. The van der Waals surface area contributed by atoms with E-state index in [1.54, 1.807) is 0 Å². The molecule has 2 aliphatic heterocycles. The van der Waals surface area contributed by atoms with Crippen LogP contribution in [0.15, 0.2) is 0 Å². The van der Waals surface area contributed by atoms with Gasteiger partial charge in [-0.1, -0.05) is 6.42 Å². The Morgan fingerprint density at radius 1 is 1.24 bits per heavy atom. The lowest BCUT2D eigenvalue weighted by Gasteiger charge is -2.16. The molecule has 9 heteroatoms. The molecule has 0 aromatic carbocycles. The molecule has 2 aliphatic rings. The van der Waals surface area contributed by atoms with E-state index in [-0.39, 0.29) is 30.6 Å². The summed E-state index contributed by atoms with van der Waals surface area (Å²) in [5.74, 6) is 1.00. The largest absolute Gasteiger partial charge is 0.377 e. The molecule has 142 valence electrons. The van der Waals surface area contributed by atoms with Crippen LogP contribution in [0.3, 0.4) is 0 Å². The van der Waals surface area contributed by atoms with Gasteiger partial charge < -0.3 is 30.2 Å². The molecule has 3 amide bonds. The maximum absolute atomic E-state index is 11.7. The second kappa shape index (κ2) is 11.3. The minimum Gasteiger partial charge on any atom is -0.377 e. The number of hydrogen-bond donors (Lipinski definition) is 3. The number of unbranched alkanes of at least 4 members (excludes halogenated alkanes) is 1. The number of hydrogen-bond acceptors (Lipinski definition) is 6. The number of amides is 3. The number of carbonyl (C=O) groups excluding carboxylic acids is 3. The number of carbonyl (C=O) groups is 3. The van der Waals surface area contributed by atoms with Gasteiger partial charge in [-0.15, -0.1) is 0 Å².